The largest absolute Gasteiger partial charge is 0.399 e. The van der Waals surface area contributed by atoms with Crippen LogP contribution < -0.4 is 27.4 Å². The lowest BCUT2D eigenvalue weighted by atomic mass is 10.1. The zero-order chi connectivity index (χ0) is 18.8. The minimum absolute atomic E-state index is 0.322. The second-order valence-corrected chi connectivity index (χ2v) is 6.54. The summed E-state index contributed by atoms with van der Waals surface area (Å²) in [6, 6.07) is 4.62. The molecule has 1 rings (SSSR count). The lowest BCUT2D eigenvalue weighted by Crippen LogP contribution is -2.41. The molecule has 0 aliphatic heterocycles. The van der Waals surface area contributed by atoms with Gasteiger partial charge in [-0.2, -0.15) is 0 Å². The molecule has 0 bridgehead atoms. The van der Waals surface area contributed by atoms with Crippen molar-refractivity contribution in [3.63, 3.8) is 0 Å². The predicted octanol–water partition coefficient (Wildman–Crippen LogP) is 1.83. The minimum atomic E-state index is -0.322. The fourth-order valence-corrected chi connectivity index (χ4v) is 1.96. The second kappa shape index (κ2) is 10.7. The lowest BCUT2D eigenvalue weighted by Gasteiger charge is -2.13. The molecule has 1 aromatic rings. The number of anilines is 1. The van der Waals surface area contributed by atoms with Crippen molar-refractivity contribution in [2.75, 3.05) is 18.8 Å². The number of carbonyl (C=O) groups excluding carboxylic acids is 2. The standard InChI is InChI=1S/C18H31N5O2/c1-5-12(3)10-20-22-17(24)14-7-15(9-16(19)8-14)18(25)23-21-11-13(4)6-2/h7-9,12-13,20-21H,5-6,10-11,19H2,1-4H3,(H,22,24)(H,23,25). The molecule has 7 nitrogen and oxygen atoms in total. The van der Waals surface area contributed by atoms with Gasteiger partial charge in [0.25, 0.3) is 11.8 Å². The third-order valence-electron chi connectivity index (χ3n) is 4.18. The summed E-state index contributed by atoms with van der Waals surface area (Å²) in [5.41, 5.74) is 17.9. The van der Waals surface area contributed by atoms with Gasteiger partial charge in [-0.25, -0.2) is 10.9 Å². The smallest absolute Gasteiger partial charge is 0.265 e. The maximum atomic E-state index is 12.2. The molecule has 0 saturated heterocycles. The highest BCUT2D eigenvalue weighted by molar-refractivity contribution is 6.00. The Balaban J connectivity index is 2.65. The molecule has 0 aliphatic rings. The van der Waals surface area contributed by atoms with Gasteiger partial charge in [0.2, 0.25) is 0 Å². The van der Waals surface area contributed by atoms with Crippen molar-refractivity contribution in [1.29, 1.82) is 0 Å². The van der Waals surface area contributed by atoms with Gasteiger partial charge in [0, 0.05) is 29.9 Å². The number of hydrazine groups is 2. The van der Waals surface area contributed by atoms with Crippen LogP contribution in [0.2, 0.25) is 0 Å². The van der Waals surface area contributed by atoms with Crippen LogP contribution in [-0.4, -0.2) is 24.9 Å². The zero-order valence-corrected chi connectivity index (χ0v) is 15.6. The van der Waals surface area contributed by atoms with Crippen molar-refractivity contribution in [2.45, 2.75) is 40.5 Å². The molecule has 6 N–H and O–H groups in total. The molecule has 2 atom stereocenters. The van der Waals surface area contributed by atoms with E-state index < -0.39 is 0 Å². The fourth-order valence-electron chi connectivity index (χ4n) is 1.96. The molecule has 7 heteroatoms. The summed E-state index contributed by atoms with van der Waals surface area (Å²) in [5.74, 6) is 0.271. The van der Waals surface area contributed by atoms with Gasteiger partial charge in [0.1, 0.15) is 0 Å². The van der Waals surface area contributed by atoms with E-state index in [0.717, 1.165) is 12.8 Å². The van der Waals surface area contributed by atoms with E-state index in [1.165, 1.54) is 6.07 Å². The minimum Gasteiger partial charge on any atom is -0.399 e. The third-order valence-corrected chi connectivity index (χ3v) is 4.18. The van der Waals surface area contributed by atoms with Crippen LogP contribution in [0.1, 0.15) is 61.3 Å². The number of benzene rings is 1. The molecule has 0 saturated carbocycles. The summed E-state index contributed by atoms with van der Waals surface area (Å²) in [6.45, 7) is 9.72. The zero-order valence-electron chi connectivity index (χ0n) is 15.6. The van der Waals surface area contributed by atoms with E-state index in [0.29, 0.717) is 41.7 Å². The van der Waals surface area contributed by atoms with Crippen LogP contribution in [0.3, 0.4) is 0 Å². The van der Waals surface area contributed by atoms with Gasteiger partial charge in [-0.05, 0) is 30.0 Å². The maximum absolute atomic E-state index is 12.2. The van der Waals surface area contributed by atoms with Crippen molar-refractivity contribution in [3.05, 3.63) is 29.3 Å². The van der Waals surface area contributed by atoms with Gasteiger partial charge in [-0.3, -0.25) is 20.4 Å². The molecule has 0 aromatic heterocycles. The number of hydrogen-bond acceptors (Lipinski definition) is 5. The lowest BCUT2D eigenvalue weighted by molar-refractivity contribution is 0.0930. The number of nitrogens with two attached hydrogens (primary N) is 1. The number of nitrogen functional groups attached to an aromatic ring is 1. The summed E-state index contributed by atoms with van der Waals surface area (Å²) < 4.78 is 0. The Morgan fingerprint density at radius 2 is 1.28 bits per heavy atom. The molecule has 2 amide bonds. The molecule has 140 valence electrons. The first kappa shape index (κ1) is 20.9. The van der Waals surface area contributed by atoms with Gasteiger partial charge >= 0.3 is 0 Å². The molecule has 0 fully saturated rings. The number of nitrogens with one attached hydrogen (secondary N) is 4. The predicted molar refractivity (Wildman–Crippen MR) is 101 cm³/mol. The molecule has 2 unspecified atom stereocenters. The van der Waals surface area contributed by atoms with Crippen molar-refractivity contribution >= 4 is 17.5 Å². The summed E-state index contributed by atoms with van der Waals surface area (Å²) in [4.78, 5) is 24.4. The summed E-state index contributed by atoms with van der Waals surface area (Å²) in [6.07, 6.45) is 2.05. The monoisotopic (exact) mass is 349 g/mol. The van der Waals surface area contributed by atoms with E-state index in [9.17, 15) is 9.59 Å². The second-order valence-electron chi connectivity index (χ2n) is 6.54. The van der Waals surface area contributed by atoms with Crippen LogP contribution in [0, 0.1) is 11.8 Å². The molecule has 1 aromatic carbocycles. The Hall–Kier alpha value is -2.12. The molecule has 0 aliphatic carbocycles. The van der Waals surface area contributed by atoms with E-state index >= 15 is 0 Å². The SMILES string of the molecule is CCC(C)CNNC(=O)c1cc(N)cc(C(=O)NNCC(C)CC)c1. The summed E-state index contributed by atoms with van der Waals surface area (Å²) >= 11 is 0. The highest BCUT2D eigenvalue weighted by atomic mass is 16.2. The Kier molecular flexibility index (Phi) is 8.94. The fraction of sp³-hybridized carbons (Fsp3) is 0.556. The van der Waals surface area contributed by atoms with Crippen LogP contribution in [-0.2, 0) is 0 Å². The van der Waals surface area contributed by atoms with Gasteiger partial charge < -0.3 is 5.73 Å². The molecule has 0 radical (unpaired) electrons. The van der Waals surface area contributed by atoms with Crippen molar-refractivity contribution in [1.82, 2.24) is 21.7 Å². The highest BCUT2D eigenvalue weighted by Gasteiger charge is 2.12. The first-order chi connectivity index (χ1) is 11.9. The maximum Gasteiger partial charge on any atom is 0.265 e. The molecule has 25 heavy (non-hydrogen) atoms. The Labute approximate surface area is 150 Å². The van der Waals surface area contributed by atoms with E-state index in [4.69, 9.17) is 5.73 Å². The van der Waals surface area contributed by atoms with Crippen LogP contribution >= 0.6 is 0 Å². The number of rotatable bonds is 10. The van der Waals surface area contributed by atoms with E-state index in [1.54, 1.807) is 12.1 Å². The topological polar surface area (TPSA) is 108 Å². The Bertz CT molecular complexity index is 530. The molecule has 0 heterocycles. The van der Waals surface area contributed by atoms with Crippen LogP contribution in [0.25, 0.3) is 0 Å². The molecule has 0 spiro atoms. The van der Waals surface area contributed by atoms with Crippen molar-refractivity contribution in [2.24, 2.45) is 11.8 Å². The molecular weight excluding hydrogens is 318 g/mol. The van der Waals surface area contributed by atoms with Crippen LogP contribution in [0.5, 0.6) is 0 Å². The van der Waals surface area contributed by atoms with Crippen LogP contribution in [0.4, 0.5) is 5.69 Å². The Morgan fingerprint density at radius 1 is 0.880 bits per heavy atom. The van der Waals surface area contributed by atoms with Gasteiger partial charge in [-0.15, -0.1) is 0 Å². The normalized spacial score (nSPS) is 13.1. The third kappa shape index (κ3) is 7.53. The van der Waals surface area contributed by atoms with Gasteiger partial charge in [-0.1, -0.05) is 40.5 Å². The first-order valence-corrected chi connectivity index (χ1v) is 8.84. The first-order valence-electron chi connectivity index (χ1n) is 8.84. The van der Waals surface area contributed by atoms with Crippen LogP contribution in [0.15, 0.2) is 18.2 Å². The van der Waals surface area contributed by atoms with E-state index in [2.05, 4.69) is 49.4 Å². The number of carbonyl (C=O) groups is 2. The number of hydrogen-bond donors (Lipinski definition) is 5. The average molecular weight is 349 g/mol. The Morgan fingerprint density at radius 3 is 1.64 bits per heavy atom. The van der Waals surface area contributed by atoms with E-state index in [1.807, 2.05) is 0 Å². The average Bonchev–Trinajstić information content (AvgIpc) is 2.60. The highest BCUT2D eigenvalue weighted by Crippen LogP contribution is 2.12. The van der Waals surface area contributed by atoms with Crippen molar-refractivity contribution in [3.8, 4) is 0 Å². The molecular formula is C18H31N5O2. The number of amides is 2. The quantitative estimate of drug-likeness (QED) is 0.327. The van der Waals surface area contributed by atoms with E-state index in [-0.39, 0.29) is 11.8 Å². The summed E-state index contributed by atoms with van der Waals surface area (Å²) in [5, 5.41) is 0. The van der Waals surface area contributed by atoms with Gasteiger partial charge in [0.15, 0.2) is 0 Å². The summed E-state index contributed by atoms with van der Waals surface area (Å²) in [7, 11) is 0. The van der Waals surface area contributed by atoms with Gasteiger partial charge in [0.05, 0.1) is 0 Å². The van der Waals surface area contributed by atoms with Crippen molar-refractivity contribution < 1.29 is 9.59 Å².